The molecule has 2 rings (SSSR count). The molecule has 1 aliphatic rings. The average Bonchev–Trinajstić information content (AvgIpc) is 2.57. The van der Waals surface area contributed by atoms with E-state index in [1.54, 1.807) is 19.1 Å². The lowest BCUT2D eigenvalue weighted by Crippen LogP contribution is -2.42. The van der Waals surface area contributed by atoms with E-state index in [0.29, 0.717) is 17.3 Å². The van der Waals surface area contributed by atoms with Gasteiger partial charge in [-0.25, -0.2) is 4.79 Å². The van der Waals surface area contributed by atoms with Gasteiger partial charge in [0.25, 0.3) is 0 Å². The van der Waals surface area contributed by atoms with E-state index in [9.17, 15) is 4.79 Å². The molecule has 0 unspecified atom stereocenters. The minimum Gasteiger partial charge on any atom is -0.462 e. The number of morpholine rings is 1. The summed E-state index contributed by atoms with van der Waals surface area (Å²) in [5.41, 5.74) is 1.37. The van der Waals surface area contributed by atoms with Gasteiger partial charge in [-0.2, -0.15) is 0 Å². The van der Waals surface area contributed by atoms with Crippen molar-refractivity contribution in [2.45, 2.75) is 6.92 Å². The van der Waals surface area contributed by atoms with E-state index in [1.807, 2.05) is 12.1 Å². The van der Waals surface area contributed by atoms with Crippen molar-refractivity contribution >= 4 is 29.0 Å². The van der Waals surface area contributed by atoms with Crippen LogP contribution in [0.5, 0.6) is 0 Å². The van der Waals surface area contributed by atoms with E-state index in [2.05, 4.69) is 15.5 Å². The van der Waals surface area contributed by atoms with Crippen LogP contribution in [-0.4, -0.2) is 62.0 Å². The molecule has 0 atom stereocenters. The van der Waals surface area contributed by atoms with Crippen molar-refractivity contribution in [3.8, 4) is 0 Å². The number of esters is 1. The maximum Gasteiger partial charge on any atom is 0.338 e. The molecule has 1 saturated heterocycles. The van der Waals surface area contributed by atoms with E-state index < -0.39 is 0 Å². The van der Waals surface area contributed by atoms with Crippen molar-refractivity contribution < 1.29 is 14.3 Å². The molecular weight excluding hydrogens is 314 g/mol. The molecule has 6 nitrogen and oxygen atoms in total. The third kappa shape index (κ3) is 6.13. The summed E-state index contributed by atoms with van der Waals surface area (Å²) in [5, 5.41) is 6.86. The van der Waals surface area contributed by atoms with Crippen molar-refractivity contribution in [1.29, 1.82) is 0 Å². The van der Waals surface area contributed by atoms with Crippen molar-refractivity contribution in [2.75, 3.05) is 51.3 Å². The van der Waals surface area contributed by atoms with Gasteiger partial charge in [0.1, 0.15) is 0 Å². The van der Waals surface area contributed by atoms with Crippen molar-refractivity contribution in [1.82, 2.24) is 10.2 Å². The van der Waals surface area contributed by atoms with Crippen LogP contribution in [0.15, 0.2) is 24.3 Å². The molecule has 1 aromatic carbocycles. The van der Waals surface area contributed by atoms with Gasteiger partial charge in [-0.15, -0.1) is 0 Å². The Morgan fingerprint density at radius 2 is 2.00 bits per heavy atom. The second kappa shape index (κ2) is 9.44. The van der Waals surface area contributed by atoms with E-state index in [0.717, 1.165) is 45.1 Å². The zero-order valence-electron chi connectivity index (χ0n) is 13.3. The number of hydrogen-bond donors (Lipinski definition) is 2. The van der Waals surface area contributed by atoms with Crippen LogP contribution in [0.4, 0.5) is 5.69 Å². The Morgan fingerprint density at radius 1 is 1.30 bits per heavy atom. The van der Waals surface area contributed by atoms with Crippen LogP contribution < -0.4 is 10.6 Å². The molecule has 2 N–H and O–H groups in total. The molecule has 0 spiro atoms. The van der Waals surface area contributed by atoms with E-state index in [-0.39, 0.29) is 5.97 Å². The van der Waals surface area contributed by atoms with Gasteiger partial charge in [0.05, 0.1) is 25.4 Å². The van der Waals surface area contributed by atoms with Crippen LogP contribution in [0.1, 0.15) is 17.3 Å². The smallest absolute Gasteiger partial charge is 0.338 e. The Labute approximate surface area is 142 Å². The lowest BCUT2D eigenvalue weighted by Gasteiger charge is -2.26. The van der Waals surface area contributed by atoms with Gasteiger partial charge in [-0.3, -0.25) is 4.90 Å². The summed E-state index contributed by atoms with van der Waals surface area (Å²) in [7, 11) is 0. The largest absolute Gasteiger partial charge is 0.462 e. The third-order valence-corrected chi connectivity index (χ3v) is 3.72. The van der Waals surface area contributed by atoms with Gasteiger partial charge in [-0.05, 0) is 43.4 Å². The van der Waals surface area contributed by atoms with Gasteiger partial charge >= 0.3 is 5.97 Å². The zero-order chi connectivity index (χ0) is 16.5. The average molecular weight is 337 g/mol. The summed E-state index contributed by atoms with van der Waals surface area (Å²) in [4.78, 5) is 13.9. The number of nitrogens with zero attached hydrogens (tertiary/aromatic N) is 1. The van der Waals surface area contributed by atoms with E-state index >= 15 is 0 Å². The summed E-state index contributed by atoms with van der Waals surface area (Å²) in [6.07, 6.45) is 0. The molecule has 0 radical (unpaired) electrons. The molecule has 1 heterocycles. The van der Waals surface area contributed by atoms with Gasteiger partial charge < -0.3 is 20.1 Å². The summed E-state index contributed by atoms with van der Waals surface area (Å²) in [5.74, 6) is -0.315. The molecule has 0 aromatic heterocycles. The fourth-order valence-electron chi connectivity index (χ4n) is 2.23. The number of anilines is 1. The number of benzene rings is 1. The Balaban J connectivity index is 1.71. The molecule has 126 valence electrons. The number of carbonyl (C=O) groups excluding carboxylic acids is 1. The quantitative estimate of drug-likeness (QED) is 0.602. The highest BCUT2D eigenvalue weighted by Crippen LogP contribution is 2.10. The Bertz CT molecular complexity index is 516. The van der Waals surface area contributed by atoms with Gasteiger partial charge in [0, 0.05) is 31.9 Å². The predicted octanol–water partition coefficient (Wildman–Crippen LogP) is 1.48. The van der Waals surface area contributed by atoms with Crippen LogP contribution in [0.25, 0.3) is 0 Å². The normalized spacial score (nSPS) is 15.0. The monoisotopic (exact) mass is 337 g/mol. The Kier molecular flexibility index (Phi) is 7.25. The van der Waals surface area contributed by atoms with Crippen molar-refractivity contribution in [2.24, 2.45) is 0 Å². The maximum absolute atomic E-state index is 11.6. The highest BCUT2D eigenvalue weighted by molar-refractivity contribution is 7.80. The first-order valence-corrected chi connectivity index (χ1v) is 8.22. The SMILES string of the molecule is CCOC(=O)c1ccc(NC(=S)NCCN2CCOCC2)cc1. The van der Waals surface area contributed by atoms with Crippen LogP contribution >= 0.6 is 12.2 Å². The summed E-state index contributed by atoms with van der Waals surface area (Å²) in [6.45, 7) is 7.42. The standard InChI is InChI=1S/C16H23N3O3S/c1-2-22-15(20)13-3-5-14(6-4-13)18-16(23)17-7-8-19-9-11-21-12-10-19/h3-6H,2,7-12H2,1H3,(H2,17,18,23). The number of rotatable bonds is 6. The second-order valence-corrected chi connectivity index (χ2v) is 5.54. The minimum absolute atomic E-state index is 0.315. The number of carbonyl (C=O) groups is 1. The fraction of sp³-hybridized carbons (Fsp3) is 0.500. The lowest BCUT2D eigenvalue weighted by molar-refractivity contribution is 0.0389. The fourth-order valence-corrected chi connectivity index (χ4v) is 2.45. The molecule has 1 aliphatic heterocycles. The number of ether oxygens (including phenoxy) is 2. The molecule has 7 heteroatoms. The number of hydrogen-bond acceptors (Lipinski definition) is 5. The van der Waals surface area contributed by atoms with Crippen molar-refractivity contribution in [3.63, 3.8) is 0 Å². The number of nitrogens with one attached hydrogen (secondary N) is 2. The minimum atomic E-state index is -0.315. The van der Waals surface area contributed by atoms with Crippen LogP contribution in [0.3, 0.4) is 0 Å². The van der Waals surface area contributed by atoms with Crippen LogP contribution in [0, 0.1) is 0 Å². The summed E-state index contributed by atoms with van der Waals surface area (Å²) >= 11 is 5.27. The summed E-state index contributed by atoms with van der Waals surface area (Å²) in [6, 6.07) is 7.05. The predicted molar refractivity (Wildman–Crippen MR) is 93.9 cm³/mol. The first kappa shape index (κ1) is 17.7. The van der Waals surface area contributed by atoms with Crippen LogP contribution in [-0.2, 0) is 9.47 Å². The van der Waals surface area contributed by atoms with Crippen molar-refractivity contribution in [3.05, 3.63) is 29.8 Å². The highest BCUT2D eigenvalue weighted by Gasteiger charge is 2.09. The molecule has 0 bridgehead atoms. The Morgan fingerprint density at radius 3 is 2.65 bits per heavy atom. The second-order valence-electron chi connectivity index (χ2n) is 5.13. The summed E-state index contributed by atoms with van der Waals surface area (Å²) < 4.78 is 10.3. The van der Waals surface area contributed by atoms with E-state index in [1.165, 1.54) is 0 Å². The van der Waals surface area contributed by atoms with Gasteiger partial charge in [0.15, 0.2) is 5.11 Å². The van der Waals surface area contributed by atoms with Crippen LogP contribution in [0.2, 0.25) is 0 Å². The van der Waals surface area contributed by atoms with Gasteiger partial charge in [-0.1, -0.05) is 0 Å². The molecule has 1 aromatic rings. The van der Waals surface area contributed by atoms with E-state index in [4.69, 9.17) is 21.7 Å². The number of thiocarbonyl (C=S) groups is 1. The highest BCUT2D eigenvalue weighted by atomic mass is 32.1. The molecule has 0 amide bonds. The molecule has 1 fully saturated rings. The third-order valence-electron chi connectivity index (χ3n) is 3.47. The topological polar surface area (TPSA) is 62.8 Å². The lowest BCUT2D eigenvalue weighted by atomic mass is 10.2. The molecule has 23 heavy (non-hydrogen) atoms. The molecule has 0 saturated carbocycles. The zero-order valence-corrected chi connectivity index (χ0v) is 14.2. The molecule has 0 aliphatic carbocycles. The first-order chi connectivity index (χ1) is 11.2. The molecular formula is C16H23N3O3S. The first-order valence-electron chi connectivity index (χ1n) is 7.81. The van der Waals surface area contributed by atoms with Gasteiger partial charge in [0.2, 0.25) is 0 Å². The maximum atomic E-state index is 11.6. The Hall–Kier alpha value is -1.70.